The molecule has 0 aromatic heterocycles. The van der Waals surface area contributed by atoms with Gasteiger partial charge >= 0.3 is 0 Å². The fraction of sp³-hybridized carbons (Fsp3) is 0.667. The van der Waals surface area contributed by atoms with E-state index in [-0.39, 0.29) is 0 Å². The molecule has 1 aromatic rings. The van der Waals surface area contributed by atoms with Crippen molar-refractivity contribution in [2.45, 2.75) is 51.1 Å². The Bertz CT molecular complexity index is 553. The topological polar surface area (TPSA) is 42.9 Å². The maximum Gasteiger partial charge on any atom is 0.191 e. The molecule has 0 spiro atoms. The van der Waals surface area contributed by atoms with Crippen LogP contribution in [0.2, 0.25) is 0 Å². The highest BCUT2D eigenvalue weighted by atomic mass is 15.2. The summed E-state index contributed by atoms with van der Waals surface area (Å²) in [5, 5.41) is 7.05. The fourth-order valence-corrected chi connectivity index (χ4v) is 4.11. The van der Waals surface area contributed by atoms with Gasteiger partial charge in [-0.2, -0.15) is 0 Å². The predicted molar refractivity (Wildman–Crippen MR) is 111 cm³/mol. The van der Waals surface area contributed by atoms with Gasteiger partial charge in [0.05, 0.1) is 6.54 Å². The van der Waals surface area contributed by atoms with Crippen LogP contribution in [-0.2, 0) is 0 Å². The molecule has 3 rings (SSSR count). The molecule has 1 aromatic carbocycles. The SMILES string of the molecule is CCNC(=NCCN(C)C1CCCC1)NC1CCN(c2ccccc2)C1. The number of nitrogens with zero attached hydrogens (tertiary/aromatic N) is 3. The minimum atomic E-state index is 0.459. The van der Waals surface area contributed by atoms with E-state index in [0.29, 0.717) is 6.04 Å². The standard InChI is InChI=1S/C21H35N5/c1-3-22-21(23-14-16-25(2)19-9-7-8-10-19)24-18-13-15-26(17-18)20-11-5-4-6-12-20/h4-6,11-12,18-19H,3,7-10,13-17H2,1-2H3,(H2,22,23,24). The van der Waals surface area contributed by atoms with Crippen molar-refractivity contribution in [3.8, 4) is 0 Å². The zero-order valence-electron chi connectivity index (χ0n) is 16.5. The lowest BCUT2D eigenvalue weighted by atomic mass is 10.2. The predicted octanol–water partition coefficient (Wildman–Crippen LogP) is 2.69. The first-order valence-corrected chi connectivity index (χ1v) is 10.3. The smallest absolute Gasteiger partial charge is 0.191 e. The first-order chi connectivity index (χ1) is 12.8. The summed E-state index contributed by atoms with van der Waals surface area (Å²) in [5.74, 6) is 0.965. The summed E-state index contributed by atoms with van der Waals surface area (Å²) in [7, 11) is 2.25. The van der Waals surface area contributed by atoms with E-state index in [2.05, 4.69) is 64.7 Å². The highest BCUT2D eigenvalue weighted by Gasteiger charge is 2.23. The summed E-state index contributed by atoms with van der Waals surface area (Å²) < 4.78 is 0. The summed E-state index contributed by atoms with van der Waals surface area (Å²) in [4.78, 5) is 9.77. The molecule has 2 aliphatic rings. The lowest BCUT2D eigenvalue weighted by Gasteiger charge is -2.23. The van der Waals surface area contributed by atoms with E-state index in [1.807, 2.05) is 0 Å². The van der Waals surface area contributed by atoms with E-state index >= 15 is 0 Å². The van der Waals surface area contributed by atoms with Gasteiger partial charge in [0.1, 0.15) is 0 Å². The number of likely N-dealkylation sites (N-methyl/N-ethyl adjacent to an activating group) is 1. The van der Waals surface area contributed by atoms with Crippen LogP contribution in [0.1, 0.15) is 39.0 Å². The third-order valence-electron chi connectivity index (χ3n) is 5.67. The number of nitrogens with one attached hydrogen (secondary N) is 2. The number of rotatable bonds is 7. The van der Waals surface area contributed by atoms with E-state index in [1.54, 1.807) is 0 Å². The van der Waals surface area contributed by atoms with E-state index in [1.165, 1.54) is 31.4 Å². The average molecular weight is 358 g/mol. The molecule has 1 aliphatic heterocycles. The molecule has 2 N–H and O–H groups in total. The maximum absolute atomic E-state index is 4.82. The van der Waals surface area contributed by atoms with Gasteiger partial charge < -0.3 is 20.4 Å². The number of aliphatic imine (C=N–C) groups is 1. The number of para-hydroxylation sites is 1. The molecule has 144 valence electrons. The van der Waals surface area contributed by atoms with E-state index in [9.17, 15) is 0 Å². The highest BCUT2D eigenvalue weighted by molar-refractivity contribution is 5.80. The third-order valence-corrected chi connectivity index (χ3v) is 5.67. The molecule has 0 amide bonds. The maximum atomic E-state index is 4.82. The van der Waals surface area contributed by atoms with Crippen LogP contribution < -0.4 is 15.5 Å². The Morgan fingerprint density at radius 3 is 2.69 bits per heavy atom. The summed E-state index contributed by atoms with van der Waals surface area (Å²) in [6.07, 6.45) is 6.65. The van der Waals surface area contributed by atoms with Crippen molar-refractivity contribution < 1.29 is 0 Å². The molecule has 5 nitrogen and oxygen atoms in total. The number of guanidine groups is 1. The van der Waals surface area contributed by atoms with Crippen LogP contribution >= 0.6 is 0 Å². The molecule has 26 heavy (non-hydrogen) atoms. The lowest BCUT2D eigenvalue weighted by Crippen LogP contribution is -2.45. The Labute approximate surface area is 158 Å². The molecule has 1 atom stereocenters. The van der Waals surface area contributed by atoms with Crippen LogP contribution in [0.15, 0.2) is 35.3 Å². The van der Waals surface area contributed by atoms with Gasteiger partial charge in [0.25, 0.3) is 0 Å². The van der Waals surface area contributed by atoms with E-state index < -0.39 is 0 Å². The zero-order chi connectivity index (χ0) is 18.2. The van der Waals surface area contributed by atoms with Crippen LogP contribution in [0.4, 0.5) is 5.69 Å². The molecule has 0 bridgehead atoms. The lowest BCUT2D eigenvalue weighted by molar-refractivity contribution is 0.252. The Morgan fingerprint density at radius 1 is 1.19 bits per heavy atom. The van der Waals surface area contributed by atoms with Crippen LogP contribution in [0.3, 0.4) is 0 Å². The highest BCUT2D eigenvalue weighted by Crippen LogP contribution is 2.22. The van der Waals surface area contributed by atoms with E-state index in [0.717, 1.165) is 51.1 Å². The number of benzene rings is 1. The van der Waals surface area contributed by atoms with Crippen LogP contribution in [0, 0.1) is 0 Å². The summed E-state index contributed by atoms with van der Waals surface area (Å²) in [6.45, 7) is 7.08. The molecule has 0 radical (unpaired) electrons. The minimum Gasteiger partial charge on any atom is -0.369 e. The van der Waals surface area contributed by atoms with Gasteiger partial charge in [0, 0.05) is 44.0 Å². The van der Waals surface area contributed by atoms with Crippen LogP contribution in [0.5, 0.6) is 0 Å². The van der Waals surface area contributed by atoms with Crippen LogP contribution in [-0.4, -0.2) is 62.7 Å². The second kappa shape index (κ2) is 9.81. The van der Waals surface area contributed by atoms with Gasteiger partial charge in [0.2, 0.25) is 0 Å². The third kappa shape index (κ3) is 5.37. The van der Waals surface area contributed by atoms with Crippen molar-refractivity contribution in [3.63, 3.8) is 0 Å². The van der Waals surface area contributed by atoms with Crippen molar-refractivity contribution in [2.75, 3.05) is 44.7 Å². The Balaban J connectivity index is 1.47. The first kappa shape index (κ1) is 19.0. The minimum absolute atomic E-state index is 0.459. The molecule has 1 unspecified atom stereocenters. The van der Waals surface area contributed by atoms with Crippen molar-refractivity contribution in [1.82, 2.24) is 15.5 Å². The van der Waals surface area contributed by atoms with Gasteiger partial charge in [-0.25, -0.2) is 0 Å². The van der Waals surface area contributed by atoms with Crippen molar-refractivity contribution in [2.24, 2.45) is 4.99 Å². The van der Waals surface area contributed by atoms with Gasteiger partial charge in [-0.05, 0) is 45.4 Å². The quantitative estimate of drug-likeness (QED) is 0.582. The van der Waals surface area contributed by atoms with Gasteiger partial charge in [-0.3, -0.25) is 4.99 Å². The van der Waals surface area contributed by atoms with Gasteiger partial charge in [0.15, 0.2) is 5.96 Å². The Morgan fingerprint density at radius 2 is 1.96 bits per heavy atom. The van der Waals surface area contributed by atoms with Crippen molar-refractivity contribution in [3.05, 3.63) is 30.3 Å². The number of hydrogen-bond acceptors (Lipinski definition) is 3. The molecule has 2 fully saturated rings. The van der Waals surface area contributed by atoms with E-state index in [4.69, 9.17) is 4.99 Å². The van der Waals surface area contributed by atoms with Gasteiger partial charge in [-0.1, -0.05) is 31.0 Å². The largest absolute Gasteiger partial charge is 0.369 e. The molecule has 5 heteroatoms. The average Bonchev–Trinajstić information content (AvgIpc) is 3.35. The monoisotopic (exact) mass is 357 g/mol. The van der Waals surface area contributed by atoms with Crippen molar-refractivity contribution in [1.29, 1.82) is 0 Å². The number of hydrogen-bond donors (Lipinski definition) is 2. The molecule has 1 saturated carbocycles. The molecular weight excluding hydrogens is 322 g/mol. The summed E-state index contributed by atoms with van der Waals surface area (Å²) >= 11 is 0. The fourth-order valence-electron chi connectivity index (χ4n) is 4.11. The first-order valence-electron chi connectivity index (χ1n) is 10.3. The van der Waals surface area contributed by atoms with Crippen molar-refractivity contribution >= 4 is 11.6 Å². The molecule has 1 saturated heterocycles. The summed E-state index contributed by atoms with van der Waals surface area (Å²) in [5.41, 5.74) is 1.32. The van der Waals surface area contributed by atoms with Gasteiger partial charge in [-0.15, -0.1) is 0 Å². The molecule has 1 heterocycles. The second-order valence-electron chi connectivity index (χ2n) is 7.59. The zero-order valence-corrected chi connectivity index (χ0v) is 16.5. The molecular formula is C21H35N5. The second-order valence-corrected chi connectivity index (χ2v) is 7.59. The number of anilines is 1. The molecule has 1 aliphatic carbocycles. The Hall–Kier alpha value is -1.75. The van der Waals surface area contributed by atoms with Crippen LogP contribution in [0.25, 0.3) is 0 Å². The normalized spacial score (nSPS) is 21.6. The summed E-state index contributed by atoms with van der Waals surface area (Å²) in [6, 6.07) is 11.9. The Kier molecular flexibility index (Phi) is 7.18.